The van der Waals surface area contributed by atoms with Crippen LogP contribution in [0.3, 0.4) is 0 Å². The molecule has 0 aliphatic carbocycles. The number of primary sulfonamides is 1. The van der Waals surface area contributed by atoms with Gasteiger partial charge in [0.2, 0.25) is 16.0 Å². The highest BCUT2D eigenvalue weighted by Gasteiger charge is 2.12. The van der Waals surface area contributed by atoms with Crippen LogP contribution in [0.1, 0.15) is 11.1 Å². The van der Waals surface area contributed by atoms with E-state index in [-0.39, 0.29) is 10.8 Å². The van der Waals surface area contributed by atoms with Crippen LogP contribution in [0.5, 0.6) is 0 Å². The molecule has 0 spiro atoms. The first-order valence-electron chi connectivity index (χ1n) is 7.57. The average molecular weight is 355 g/mol. The van der Waals surface area contributed by atoms with Gasteiger partial charge in [-0.15, -0.1) is 0 Å². The minimum Gasteiger partial charge on any atom is -0.368 e. The van der Waals surface area contributed by atoms with E-state index in [1.165, 1.54) is 6.07 Å². The van der Waals surface area contributed by atoms with Gasteiger partial charge in [0.15, 0.2) is 0 Å². The molecule has 0 amide bonds. The number of nitrogens with two attached hydrogens (primary N) is 2. The highest BCUT2D eigenvalue weighted by Crippen LogP contribution is 2.18. The Bertz CT molecular complexity index is 971. The predicted molar refractivity (Wildman–Crippen MR) is 94.9 cm³/mol. The van der Waals surface area contributed by atoms with Gasteiger partial charge in [0.1, 0.15) is 0 Å². The number of aryl methyl sites for hydroxylation is 2. The molecule has 0 atom stereocenters. The van der Waals surface area contributed by atoms with Crippen molar-refractivity contribution < 1.29 is 8.42 Å². The SMILES string of the molecule is Nc1ncc(-c2ccc(CCc3ccccc3S(N)(=O)=O)cn2)cn1. The largest absolute Gasteiger partial charge is 0.368 e. The highest BCUT2D eigenvalue weighted by atomic mass is 32.2. The monoisotopic (exact) mass is 355 g/mol. The summed E-state index contributed by atoms with van der Waals surface area (Å²) in [7, 11) is -3.72. The van der Waals surface area contributed by atoms with E-state index < -0.39 is 10.0 Å². The van der Waals surface area contributed by atoms with Crippen molar-refractivity contribution in [3.8, 4) is 11.3 Å². The molecule has 0 aliphatic rings. The van der Waals surface area contributed by atoms with Crippen molar-refractivity contribution in [3.05, 3.63) is 66.1 Å². The minimum atomic E-state index is -3.72. The number of hydrogen-bond acceptors (Lipinski definition) is 6. The summed E-state index contributed by atoms with van der Waals surface area (Å²) in [6, 6.07) is 10.6. The van der Waals surface area contributed by atoms with Crippen LogP contribution in [-0.4, -0.2) is 23.4 Å². The molecule has 8 heteroatoms. The molecular formula is C17H17N5O2S. The molecule has 0 unspecified atom stereocenters. The second-order valence-corrected chi connectivity index (χ2v) is 7.06. The number of aromatic nitrogens is 3. The lowest BCUT2D eigenvalue weighted by Crippen LogP contribution is -2.14. The van der Waals surface area contributed by atoms with Crippen LogP contribution in [0.25, 0.3) is 11.3 Å². The number of rotatable bonds is 5. The second-order valence-electron chi connectivity index (χ2n) is 5.53. The van der Waals surface area contributed by atoms with E-state index in [2.05, 4.69) is 15.0 Å². The molecule has 0 saturated carbocycles. The third-order valence-corrected chi connectivity index (χ3v) is 4.77. The smallest absolute Gasteiger partial charge is 0.238 e. The fourth-order valence-electron chi connectivity index (χ4n) is 2.48. The molecule has 0 radical (unpaired) electrons. The van der Waals surface area contributed by atoms with E-state index in [0.717, 1.165) is 16.8 Å². The molecule has 4 N–H and O–H groups in total. The summed E-state index contributed by atoms with van der Waals surface area (Å²) in [5.74, 6) is 0.217. The van der Waals surface area contributed by atoms with Crippen molar-refractivity contribution in [1.29, 1.82) is 0 Å². The van der Waals surface area contributed by atoms with Crippen LogP contribution < -0.4 is 10.9 Å². The summed E-state index contributed by atoms with van der Waals surface area (Å²) in [4.78, 5) is 12.5. The number of nitrogen functional groups attached to an aromatic ring is 1. The van der Waals surface area contributed by atoms with Crippen molar-refractivity contribution in [2.24, 2.45) is 5.14 Å². The van der Waals surface area contributed by atoms with E-state index in [0.29, 0.717) is 18.4 Å². The van der Waals surface area contributed by atoms with Gasteiger partial charge in [-0.25, -0.2) is 23.5 Å². The van der Waals surface area contributed by atoms with Crippen LogP contribution >= 0.6 is 0 Å². The van der Waals surface area contributed by atoms with Crippen molar-refractivity contribution in [2.45, 2.75) is 17.7 Å². The molecule has 3 aromatic rings. The van der Waals surface area contributed by atoms with E-state index in [1.807, 2.05) is 12.1 Å². The topological polar surface area (TPSA) is 125 Å². The lowest BCUT2D eigenvalue weighted by atomic mass is 10.1. The Balaban J connectivity index is 1.74. The van der Waals surface area contributed by atoms with Gasteiger partial charge in [0, 0.05) is 24.2 Å². The third kappa shape index (κ3) is 4.17. The van der Waals surface area contributed by atoms with Gasteiger partial charge < -0.3 is 5.73 Å². The maximum atomic E-state index is 11.6. The van der Waals surface area contributed by atoms with Crippen molar-refractivity contribution in [2.75, 3.05) is 5.73 Å². The van der Waals surface area contributed by atoms with E-state index in [1.54, 1.807) is 36.8 Å². The zero-order chi connectivity index (χ0) is 17.9. The van der Waals surface area contributed by atoms with Crippen molar-refractivity contribution >= 4 is 16.0 Å². The summed E-state index contributed by atoms with van der Waals surface area (Å²) < 4.78 is 23.3. The second kappa shape index (κ2) is 6.96. The number of anilines is 1. The molecule has 128 valence electrons. The fraction of sp³-hybridized carbons (Fsp3) is 0.118. The Morgan fingerprint density at radius 1 is 0.880 bits per heavy atom. The molecule has 3 rings (SSSR count). The minimum absolute atomic E-state index is 0.165. The quantitative estimate of drug-likeness (QED) is 0.715. The average Bonchev–Trinajstić information content (AvgIpc) is 2.61. The van der Waals surface area contributed by atoms with Gasteiger partial charge in [-0.3, -0.25) is 4.98 Å². The van der Waals surface area contributed by atoms with Crippen LogP contribution in [0, 0.1) is 0 Å². The van der Waals surface area contributed by atoms with Gasteiger partial charge >= 0.3 is 0 Å². The van der Waals surface area contributed by atoms with E-state index in [4.69, 9.17) is 10.9 Å². The lowest BCUT2D eigenvalue weighted by Gasteiger charge is -2.08. The Hall–Kier alpha value is -2.84. The summed E-state index contributed by atoms with van der Waals surface area (Å²) >= 11 is 0. The molecule has 25 heavy (non-hydrogen) atoms. The normalized spacial score (nSPS) is 11.4. The Morgan fingerprint density at radius 2 is 1.60 bits per heavy atom. The third-order valence-electron chi connectivity index (χ3n) is 3.75. The summed E-state index contributed by atoms with van der Waals surface area (Å²) in [5, 5.41) is 5.26. The molecular weight excluding hydrogens is 338 g/mol. The van der Waals surface area contributed by atoms with Crippen LogP contribution in [0.4, 0.5) is 5.95 Å². The zero-order valence-corrected chi connectivity index (χ0v) is 14.1. The molecule has 1 aromatic carbocycles. The first-order chi connectivity index (χ1) is 11.9. The zero-order valence-electron chi connectivity index (χ0n) is 13.3. The van der Waals surface area contributed by atoms with Gasteiger partial charge in [-0.1, -0.05) is 24.3 Å². The molecule has 7 nitrogen and oxygen atoms in total. The maximum absolute atomic E-state index is 11.6. The Labute approximate surface area is 145 Å². The maximum Gasteiger partial charge on any atom is 0.238 e. The van der Waals surface area contributed by atoms with Crippen LogP contribution in [0.15, 0.2) is 59.9 Å². The van der Waals surface area contributed by atoms with Crippen molar-refractivity contribution in [1.82, 2.24) is 15.0 Å². The molecule has 2 heterocycles. The van der Waals surface area contributed by atoms with Gasteiger partial charge in [0.25, 0.3) is 0 Å². The molecule has 0 aliphatic heterocycles. The number of nitrogens with zero attached hydrogens (tertiary/aromatic N) is 3. The van der Waals surface area contributed by atoms with Crippen LogP contribution in [0.2, 0.25) is 0 Å². The number of benzene rings is 1. The fourth-order valence-corrected chi connectivity index (χ4v) is 3.28. The Kier molecular flexibility index (Phi) is 4.73. The number of hydrogen-bond donors (Lipinski definition) is 2. The molecule has 0 bridgehead atoms. The molecule has 0 saturated heterocycles. The van der Waals surface area contributed by atoms with Gasteiger partial charge in [-0.05, 0) is 36.1 Å². The van der Waals surface area contributed by atoms with Crippen LogP contribution in [-0.2, 0) is 22.9 Å². The van der Waals surface area contributed by atoms with Gasteiger partial charge in [0.05, 0.1) is 10.6 Å². The summed E-state index contributed by atoms with van der Waals surface area (Å²) in [5.41, 5.74) is 8.68. The van der Waals surface area contributed by atoms with Gasteiger partial charge in [-0.2, -0.15) is 0 Å². The summed E-state index contributed by atoms with van der Waals surface area (Å²) in [6.07, 6.45) is 6.20. The predicted octanol–water partition coefficient (Wildman–Crippen LogP) is 1.55. The molecule has 0 fully saturated rings. The first-order valence-corrected chi connectivity index (χ1v) is 9.11. The van der Waals surface area contributed by atoms with E-state index in [9.17, 15) is 8.42 Å². The molecule has 2 aromatic heterocycles. The standard InChI is InChI=1S/C17H17N5O2S/c18-17-21-10-14(11-22-17)15-8-6-12(9-20-15)5-7-13-3-1-2-4-16(13)25(19,23)24/h1-4,6,8-11H,5,7H2,(H2,18,21,22)(H2,19,23,24). The first kappa shape index (κ1) is 17.0. The Morgan fingerprint density at radius 3 is 2.24 bits per heavy atom. The lowest BCUT2D eigenvalue weighted by molar-refractivity contribution is 0.596. The van der Waals surface area contributed by atoms with Crippen molar-refractivity contribution in [3.63, 3.8) is 0 Å². The summed E-state index contributed by atoms with van der Waals surface area (Å²) in [6.45, 7) is 0. The number of sulfonamides is 1. The number of pyridine rings is 1. The highest BCUT2D eigenvalue weighted by molar-refractivity contribution is 7.89. The van der Waals surface area contributed by atoms with E-state index >= 15 is 0 Å².